The molecule has 0 aliphatic rings. The Morgan fingerprint density at radius 2 is 1.78 bits per heavy atom. The number of hydrogen-bond acceptors (Lipinski definition) is 5. The van der Waals surface area contributed by atoms with Crippen molar-refractivity contribution in [1.82, 2.24) is 5.32 Å². The van der Waals surface area contributed by atoms with Gasteiger partial charge in [-0.05, 0) is 48.7 Å². The highest BCUT2D eigenvalue weighted by Gasteiger charge is 2.17. The quantitative estimate of drug-likeness (QED) is 0.722. The van der Waals surface area contributed by atoms with Crippen molar-refractivity contribution in [2.75, 3.05) is 6.61 Å². The summed E-state index contributed by atoms with van der Waals surface area (Å²) in [5.74, 6) is -1.82. The zero-order valence-electron chi connectivity index (χ0n) is 14.8. The summed E-state index contributed by atoms with van der Waals surface area (Å²) in [5.41, 5.74) is 1.40. The molecule has 0 heterocycles. The fraction of sp³-hybridized carbons (Fsp3) is 0.222. The summed E-state index contributed by atoms with van der Waals surface area (Å²) >= 11 is 0. The fourth-order valence-electron chi connectivity index (χ4n) is 2.25. The van der Waals surface area contributed by atoms with Crippen LogP contribution in [0.1, 0.15) is 27.0 Å². The Kier molecular flexibility index (Phi) is 6.29. The van der Waals surface area contributed by atoms with Crippen LogP contribution in [0.25, 0.3) is 0 Å². The van der Waals surface area contributed by atoms with E-state index in [0.29, 0.717) is 16.7 Å². The molecule has 144 valence electrons. The molecule has 2 rings (SSSR count). The van der Waals surface area contributed by atoms with E-state index in [4.69, 9.17) is 9.88 Å². The number of aryl methyl sites for hydroxylation is 2. The van der Waals surface area contributed by atoms with Crippen molar-refractivity contribution < 1.29 is 27.1 Å². The van der Waals surface area contributed by atoms with Gasteiger partial charge in [-0.25, -0.2) is 22.7 Å². The van der Waals surface area contributed by atoms with Gasteiger partial charge in [0.15, 0.2) is 6.61 Å². The molecule has 7 nitrogen and oxygen atoms in total. The Morgan fingerprint density at radius 1 is 1.11 bits per heavy atom. The van der Waals surface area contributed by atoms with Crippen molar-refractivity contribution in [3.05, 3.63) is 64.5 Å². The first-order valence-corrected chi connectivity index (χ1v) is 9.45. The monoisotopic (exact) mass is 394 g/mol. The van der Waals surface area contributed by atoms with E-state index in [1.807, 2.05) is 0 Å². The van der Waals surface area contributed by atoms with Gasteiger partial charge < -0.3 is 10.1 Å². The van der Waals surface area contributed by atoms with Gasteiger partial charge in [0.2, 0.25) is 10.0 Å². The van der Waals surface area contributed by atoms with Crippen molar-refractivity contribution in [2.45, 2.75) is 25.3 Å². The lowest BCUT2D eigenvalue weighted by Gasteiger charge is -2.09. The van der Waals surface area contributed by atoms with Crippen LogP contribution in [0.3, 0.4) is 0 Å². The minimum Gasteiger partial charge on any atom is -0.452 e. The molecular formula is C18H19FN2O5S. The third-order valence-corrected chi connectivity index (χ3v) is 4.84. The van der Waals surface area contributed by atoms with Crippen molar-refractivity contribution in [1.29, 1.82) is 0 Å². The highest BCUT2D eigenvalue weighted by atomic mass is 32.2. The van der Waals surface area contributed by atoms with Crippen LogP contribution in [0, 0.1) is 19.7 Å². The molecule has 0 saturated carbocycles. The first-order valence-electron chi connectivity index (χ1n) is 7.90. The molecule has 3 N–H and O–H groups in total. The molecule has 0 spiro atoms. The largest absolute Gasteiger partial charge is 0.452 e. The summed E-state index contributed by atoms with van der Waals surface area (Å²) in [6.07, 6.45) is 0. The Labute approximate surface area is 156 Å². The number of benzene rings is 2. The first-order chi connectivity index (χ1) is 12.6. The van der Waals surface area contributed by atoms with Gasteiger partial charge in [0.1, 0.15) is 5.82 Å². The summed E-state index contributed by atoms with van der Waals surface area (Å²) < 4.78 is 41.3. The minimum absolute atomic E-state index is 0.0435. The second-order valence-corrected chi connectivity index (χ2v) is 7.49. The van der Waals surface area contributed by atoms with Gasteiger partial charge in [-0.15, -0.1) is 0 Å². The van der Waals surface area contributed by atoms with Crippen molar-refractivity contribution >= 4 is 21.9 Å². The van der Waals surface area contributed by atoms with Crippen LogP contribution in [0.15, 0.2) is 41.3 Å². The minimum atomic E-state index is -3.98. The standard InChI is InChI=1S/C18H19FN2O5S/c1-11-3-5-13(7-15(11)19)9-21-17(22)10-26-18(23)14-6-4-12(2)16(8-14)27(20,24)25/h3-8H,9-10H2,1-2H3,(H,21,22)(H2,20,24,25). The molecule has 0 unspecified atom stereocenters. The number of esters is 1. The molecule has 0 saturated heterocycles. The normalized spacial score (nSPS) is 11.1. The molecule has 1 amide bonds. The van der Waals surface area contributed by atoms with Crippen LogP contribution in [-0.2, 0) is 26.1 Å². The average molecular weight is 394 g/mol. The molecule has 2 aromatic rings. The molecular weight excluding hydrogens is 375 g/mol. The van der Waals surface area contributed by atoms with Crippen molar-refractivity contribution in [2.24, 2.45) is 5.14 Å². The Morgan fingerprint density at radius 3 is 2.41 bits per heavy atom. The highest BCUT2D eigenvalue weighted by Crippen LogP contribution is 2.16. The van der Waals surface area contributed by atoms with E-state index in [0.717, 1.165) is 6.07 Å². The van der Waals surface area contributed by atoms with Gasteiger partial charge in [0.25, 0.3) is 5.91 Å². The highest BCUT2D eigenvalue weighted by molar-refractivity contribution is 7.89. The van der Waals surface area contributed by atoms with E-state index in [2.05, 4.69) is 5.32 Å². The number of nitrogens with two attached hydrogens (primary N) is 1. The Hall–Kier alpha value is -2.78. The fourth-order valence-corrected chi connectivity index (χ4v) is 3.05. The SMILES string of the molecule is Cc1ccc(CNC(=O)COC(=O)c2ccc(C)c(S(N)(=O)=O)c2)cc1F. The maximum Gasteiger partial charge on any atom is 0.338 e. The number of halogens is 1. The number of carbonyl (C=O) groups excluding carboxylic acids is 2. The molecule has 0 fully saturated rings. The van der Waals surface area contributed by atoms with E-state index in [-0.39, 0.29) is 22.8 Å². The summed E-state index contributed by atoms with van der Waals surface area (Å²) in [6.45, 7) is 2.68. The van der Waals surface area contributed by atoms with Crippen LogP contribution < -0.4 is 10.5 Å². The molecule has 0 aromatic heterocycles. The van der Waals surface area contributed by atoms with Crippen molar-refractivity contribution in [3.63, 3.8) is 0 Å². The lowest BCUT2D eigenvalue weighted by Crippen LogP contribution is -2.28. The predicted molar refractivity (Wildman–Crippen MR) is 95.8 cm³/mol. The maximum absolute atomic E-state index is 13.5. The molecule has 0 aliphatic carbocycles. The molecule has 2 aromatic carbocycles. The number of sulfonamides is 1. The molecule has 0 atom stereocenters. The van der Waals surface area contributed by atoms with E-state index < -0.39 is 28.5 Å². The molecule has 9 heteroatoms. The van der Waals surface area contributed by atoms with Crippen LogP contribution >= 0.6 is 0 Å². The number of rotatable bonds is 6. The number of nitrogens with one attached hydrogen (secondary N) is 1. The van der Waals surface area contributed by atoms with Gasteiger partial charge in [0.05, 0.1) is 10.5 Å². The summed E-state index contributed by atoms with van der Waals surface area (Å²) in [4.78, 5) is 23.6. The number of carbonyl (C=O) groups is 2. The van der Waals surface area contributed by atoms with E-state index in [9.17, 15) is 22.4 Å². The molecule has 0 bridgehead atoms. The summed E-state index contributed by atoms with van der Waals surface area (Å²) in [5, 5.41) is 7.59. The lowest BCUT2D eigenvalue weighted by atomic mass is 10.1. The third kappa shape index (κ3) is 5.60. The zero-order valence-corrected chi connectivity index (χ0v) is 15.6. The van der Waals surface area contributed by atoms with Gasteiger partial charge in [-0.2, -0.15) is 0 Å². The Balaban J connectivity index is 1.93. The first kappa shape index (κ1) is 20.5. The van der Waals surface area contributed by atoms with Crippen molar-refractivity contribution in [3.8, 4) is 0 Å². The second-order valence-electron chi connectivity index (χ2n) is 5.96. The number of amides is 1. The Bertz CT molecular complexity index is 989. The molecule has 27 heavy (non-hydrogen) atoms. The van der Waals surface area contributed by atoms with Crippen LogP contribution in [0.2, 0.25) is 0 Å². The van der Waals surface area contributed by atoms with Gasteiger partial charge in [0, 0.05) is 6.54 Å². The number of hydrogen-bond donors (Lipinski definition) is 2. The second kappa shape index (κ2) is 8.28. The van der Waals surface area contributed by atoms with E-state index >= 15 is 0 Å². The van der Waals surface area contributed by atoms with Gasteiger partial charge in [-0.1, -0.05) is 18.2 Å². The number of primary sulfonamides is 1. The van der Waals surface area contributed by atoms with Gasteiger partial charge in [-0.3, -0.25) is 4.79 Å². The van der Waals surface area contributed by atoms with Gasteiger partial charge >= 0.3 is 5.97 Å². The van der Waals surface area contributed by atoms with Crippen LogP contribution in [0.4, 0.5) is 4.39 Å². The van der Waals surface area contributed by atoms with E-state index in [1.165, 1.54) is 25.1 Å². The van der Waals surface area contributed by atoms with Crippen LogP contribution in [0.5, 0.6) is 0 Å². The summed E-state index contributed by atoms with van der Waals surface area (Å²) in [6, 6.07) is 8.47. The van der Waals surface area contributed by atoms with E-state index in [1.54, 1.807) is 19.1 Å². The zero-order chi connectivity index (χ0) is 20.2. The predicted octanol–water partition coefficient (Wildman–Crippen LogP) is 1.56. The average Bonchev–Trinajstić information content (AvgIpc) is 2.60. The molecule has 0 aliphatic heterocycles. The third-order valence-electron chi connectivity index (χ3n) is 3.79. The summed E-state index contributed by atoms with van der Waals surface area (Å²) in [7, 11) is -3.98. The molecule has 0 radical (unpaired) electrons. The lowest BCUT2D eigenvalue weighted by molar-refractivity contribution is -0.124. The topological polar surface area (TPSA) is 116 Å². The maximum atomic E-state index is 13.5. The van der Waals surface area contributed by atoms with Crippen LogP contribution in [-0.4, -0.2) is 26.9 Å². The smallest absolute Gasteiger partial charge is 0.338 e. The number of ether oxygens (including phenoxy) is 1.